The van der Waals surface area contributed by atoms with Crippen LogP contribution in [0, 0.1) is 56.7 Å². The van der Waals surface area contributed by atoms with Gasteiger partial charge < -0.3 is 9.94 Å². The van der Waals surface area contributed by atoms with Gasteiger partial charge in [-0.1, -0.05) is 46.8 Å². The molecule has 0 bridgehead atoms. The van der Waals surface area contributed by atoms with Gasteiger partial charge in [-0.3, -0.25) is 4.79 Å². The first-order valence-electron chi connectivity index (χ1n) is 14.8. The molecule has 4 heteroatoms. The van der Waals surface area contributed by atoms with Crippen LogP contribution in [-0.2, 0) is 9.53 Å². The van der Waals surface area contributed by atoms with Crippen LogP contribution in [0.3, 0.4) is 0 Å². The van der Waals surface area contributed by atoms with Crippen molar-refractivity contribution >= 4 is 12.2 Å². The van der Waals surface area contributed by atoms with E-state index in [9.17, 15) is 10.0 Å². The lowest BCUT2D eigenvalue weighted by Crippen LogP contribution is -2.66. The number of esters is 1. The lowest BCUT2D eigenvalue weighted by Gasteiger charge is -2.72. The molecule has 0 amide bonds. The maximum Gasteiger partial charge on any atom is 0.302 e. The van der Waals surface area contributed by atoms with Crippen molar-refractivity contribution in [3.63, 3.8) is 0 Å². The predicted molar refractivity (Wildman–Crippen MR) is 145 cm³/mol. The maximum atomic E-state index is 11.9. The second-order valence-corrected chi connectivity index (χ2v) is 15.1. The van der Waals surface area contributed by atoms with Crippen LogP contribution in [-0.4, -0.2) is 23.5 Å². The van der Waals surface area contributed by atoms with Gasteiger partial charge in [-0.2, -0.15) is 0 Å². The van der Waals surface area contributed by atoms with Crippen molar-refractivity contribution in [2.75, 3.05) is 0 Å². The fourth-order valence-electron chi connectivity index (χ4n) is 11.9. The summed E-state index contributed by atoms with van der Waals surface area (Å²) in [6, 6.07) is 0. The van der Waals surface area contributed by atoms with Crippen LogP contribution in [0.15, 0.2) is 17.3 Å². The van der Waals surface area contributed by atoms with E-state index in [0.717, 1.165) is 19.3 Å². The van der Waals surface area contributed by atoms with Gasteiger partial charge in [0.2, 0.25) is 0 Å². The van der Waals surface area contributed by atoms with Gasteiger partial charge in [0.05, 0.1) is 6.21 Å². The minimum absolute atomic E-state index is 0.00750. The number of oxime groups is 1. The van der Waals surface area contributed by atoms with Gasteiger partial charge in [0.1, 0.15) is 6.10 Å². The summed E-state index contributed by atoms with van der Waals surface area (Å²) in [7, 11) is 0. The Morgan fingerprint density at radius 2 is 1.61 bits per heavy atom. The highest BCUT2D eigenvalue weighted by Gasteiger charge is 2.71. The smallest absolute Gasteiger partial charge is 0.302 e. The number of carbonyl (C=O) groups excluding carboxylic acids is 1. The zero-order chi connectivity index (χ0) is 26.3. The normalized spacial score (nSPS) is 51.5. The molecule has 5 aliphatic carbocycles. The van der Waals surface area contributed by atoms with Crippen molar-refractivity contribution in [2.45, 2.75) is 119 Å². The molecule has 4 unspecified atom stereocenters. The lowest BCUT2D eigenvalue weighted by molar-refractivity contribution is -0.246. The standard InChI is InChI=1S/C32H51NO3/c1-20(2)22-11-16-32(19-33-35)18-17-30(7)23(27(22)32)9-10-25-29(6)14-13-26(36-21(3)34)28(4,5)24(29)12-15-31(25,30)8/h19,22-27,35H,1,9-18H2,2-8H3/b33-19-/t22-,23?,24?,25?,26-,27?,29-,30+,31+,32+/m0/s1. The number of ether oxygens (including phenoxy) is 1. The summed E-state index contributed by atoms with van der Waals surface area (Å²) in [5.41, 5.74) is 2.24. The Bertz CT molecular complexity index is 955. The quantitative estimate of drug-likeness (QED) is 0.141. The van der Waals surface area contributed by atoms with E-state index in [-0.39, 0.29) is 33.7 Å². The van der Waals surface area contributed by atoms with Crippen LogP contribution in [0.1, 0.15) is 113 Å². The van der Waals surface area contributed by atoms with Crippen LogP contribution < -0.4 is 0 Å². The Morgan fingerprint density at radius 1 is 0.889 bits per heavy atom. The molecule has 5 fully saturated rings. The van der Waals surface area contributed by atoms with Crippen LogP contribution >= 0.6 is 0 Å². The Balaban J connectivity index is 1.52. The third-order valence-electron chi connectivity index (χ3n) is 13.7. The van der Waals surface area contributed by atoms with E-state index in [4.69, 9.17) is 4.74 Å². The van der Waals surface area contributed by atoms with Gasteiger partial charge >= 0.3 is 5.97 Å². The zero-order valence-corrected chi connectivity index (χ0v) is 24.0. The topological polar surface area (TPSA) is 58.9 Å². The van der Waals surface area contributed by atoms with Crippen LogP contribution in [0.4, 0.5) is 0 Å². The summed E-state index contributed by atoms with van der Waals surface area (Å²) in [6.45, 7) is 20.9. The molecule has 36 heavy (non-hydrogen) atoms. The molecular formula is C32H51NO3. The summed E-state index contributed by atoms with van der Waals surface area (Å²) >= 11 is 0. The molecule has 1 N–H and O–H groups in total. The van der Waals surface area contributed by atoms with Crippen LogP contribution in [0.25, 0.3) is 0 Å². The monoisotopic (exact) mass is 497 g/mol. The van der Waals surface area contributed by atoms with E-state index in [0.29, 0.717) is 35.0 Å². The molecule has 5 saturated carbocycles. The molecule has 0 aromatic heterocycles. The first-order chi connectivity index (χ1) is 16.8. The molecule has 0 aromatic rings. The highest BCUT2D eigenvalue weighted by Crippen LogP contribution is 2.77. The molecule has 0 aliphatic heterocycles. The van der Waals surface area contributed by atoms with E-state index < -0.39 is 0 Å². The molecule has 0 saturated heterocycles. The SMILES string of the molecule is C=C(C)[C@@H]1CC[C@]2(/C=N\O)CC[C@]3(C)C(CCC4[C@@]5(C)CC[C@H](OC(C)=O)C(C)(C)C5CC[C@]43C)C12. The van der Waals surface area contributed by atoms with Crippen molar-refractivity contribution < 1.29 is 14.7 Å². The number of carbonyl (C=O) groups is 1. The van der Waals surface area contributed by atoms with Crippen molar-refractivity contribution in [1.29, 1.82) is 0 Å². The maximum absolute atomic E-state index is 11.9. The van der Waals surface area contributed by atoms with Gasteiger partial charge in [0.25, 0.3) is 0 Å². The second-order valence-electron chi connectivity index (χ2n) is 15.1. The van der Waals surface area contributed by atoms with Crippen molar-refractivity contribution in [3.05, 3.63) is 12.2 Å². The Hall–Kier alpha value is -1.32. The predicted octanol–water partition coefficient (Wildman–Crippen LogP) is 8.04. The van der Waals surface area contributed by atoms with Gasteiger partial charge in [0, 0.05) is 17.8 Å². The van der Waals surface area contributed by atoms with Gasteiger partial charge in [-0.25, -0.2) is 0 Å². The molecule has 5 rings (SSSR count). The number of rotatable bonds is 3. The highest BCUT2D eigenvalue weighted by molar-refractivity contribution is 5.67. The van der Waals surface area contributed by atoms with E-state index in [1.54, 1.807) is 6.92 Å². The highest BCUT2D eigenvalue weighted by atomic mass is 16.5. The van der Waals surface area contributed by atoms with Gasteiger partial charge in [-0.05, 0) is 117 Å². The molecule has 0 aromatic carbocycles. The van der Waals surface area contributed by atoms with E-state index in [2.05, 4.69) is 53.3 Å². The summed E-state index contributed by atoms with van der Waals surface area (Å²) in [6.07, 6.45) is 13.9. The minimum Gasteiger partial charge on any atom is -0.462 e. The summed E-state index contributed by atoms with van der Waals surface area (Å²) < 4.78 is 5.90. The largest absolute Gasteiger partial charge is 0.462 e. The minimum atomic E-state index is -0.133. The molecule has 10 atom stereocenters. The Morgan fingerprint density at radius 3 is 2.25 bits per heavy atom. The van der Waals surface area contributed by atoms with E-state index in [1.165, 1.54) is 50.5 Å². The van der Waals surface area contributed by atoms with Gasteiger partial charge in [0.15, 0.2) is 0 Å². The molecular weight excluding hydrogens is 446 g/mol. The fourth-order valence-corrected chi connectivity index (χ4v) is 11.9. The molecule has 0 heterocycles. The summed E-state index contributed by atoms with van der Waals surface area (Å²) in [5, 5.41) is 13.4. The van der Waals surface area contributed by atoms with Crippen LogP contribution in [0.5, 0.6) is 0 Å². The molecule has 0 spiro atoms. The fraction of sp³-hybridized carbons (Fsp3) is 0.875. The lowest BCUT2D eigenvalue weighted by atomic mass is 9.32. The average Bonchev–Trinajstić information content (AvgIpc) is 3.16. The van der Waals surface area contributed by atoms with Crippen LogP contribution in [0.2, 0.25) is 0 Å². The number of nitrogens with zero attached hydrogens (tertiary/aromatic N) is 1. The van der Waals surface area contributed by atoms with Crippen molar-refractivity contribution in [1.82, 2.24) is 0 Å². The Labute approximate surface area is 219 Å². The number of allylic oxidation sites excluding steroid dienone is 1. The molecule has 4 nitrogen and oxygen atoms in total. The summed E-state index contributed by atoms with van der Waals surface area (Å²) in [4.78, 5) is 11.9. The second kappa shape index (κ2) is 8.34. The zero-order valence-electron chi connectivity index (χ0n) is 24.0. The van der Waals surface area contributed by atoms with Gasteiger partial charge in [-0.15, -0.1) is 5.16 Å². The molecule has 202 valence electrons. The van der Waals surface area contributed by atoms with E-state index >= 15 is 0 Å². The number of hydrogen-bond acceptors (Lipinski definition) is 4. The third kappa shape index (κ3) is 3.30. The first-order valence-corrected chi connectivity index (χ1v) is 14.8. The van der Waals surface area contributed by atoms with Crippen molar-refractivity contribution in [2.24, 2.45) is 61.8 Å². The van der Waals surface area contributed by atoms with Crippen molar-refractivity contribution in [3.8, 4) is 0 Å². The number of fused-ring (bicyclic) bond motifs is 7. The summed E-state index contributed by atoms with van der Waals surface area (Å²) in [5.74, 6) is 2.89. The number of hydrogen-bond donors (Lipinski definition) is 1. The molecule has 0 radical (unpaired) electrons. The molecule has 5 aliphatic rings. The third-order valence-corrected chi connectivity index (χ3v) is 13.7. The van der Waals surface area contributed by atoms with E-state index in [1.807, 2.05) is 6.21 Å². The average molecular weight is 498 g/mol. The first kappa shape index (κ1) is 26.3. The Kier molecular flexibility index (Phi) is 6.09.